The maximum absolute atomic E-state index is 12.4. The van der Waals surface area contributed by atoms with E-state index in [1.807, 2.05) is 39.0 Å². The lowest BCUT2D eigenvalue weighted by molar-refractivity contribution is 0.0939. The zero-order valence-electron chi connectivity index (χ0n) is 13.4. The van der Waals surface area contributed by atoms with E-state index in [1.165, 1.54) is 16.7 Å². The molecule has 2 rings (SSSR count). The number of aryl methyl sites for hydroxylation is 4. The molecule has 2 aromatic rings. The highest BCUT2D eigenvalue weighted by Crippen LogP contribution is 2.18. The third-order valence-electron chi connectivity index (χ3n) is 4.01. The first kappa shape index (κ1) is 15.3. The molecule has 0 aromatic heterocycles. The van der Waals surface area contributed by atoms with Crippen LogP contribution in [0.25, 0.3) is 0 Å². The van der Waals surface area contributed by atoms with Gasteiger partial charge in [0.05, 0.1) is 6.04 Å². The van der Waals surface area contributed by atoms with Gasteiger partial charge in [-0.05, 0) is 62.9 Å². The van der Waals surface area contributed by atoms with Gasteiger partial charge in [-0.1, -0.05) is 35.9 Å². The molecule has 1 amide bonds. The van der Waals surface area contributed by atoms with Gasteiger partial charge in [-0.3, -0.25) is 4.79 Å². The van der Waals surface area contributed by atoms with Gasteiger partial charge in [-0.15, -0.1) is 0 Å². The summed E-state index contributed by atoms with van der Waals surface area (Å²) in [5, 5.41) is 3.08. The van der Waals surface area contributed by atoms with E-state index in [2.05, 4.69) is 37.4 Å². The Bertz CT molecular complexity index is 673. The molecule has 2 heteroatoms. The molecule has 21 heavy (non-hydrogen) atoms. The Morgan fingerprint density at radius 1 is 0.905 bits per heavy atom. The first-order chi connectivity index (χ1) is 9.88. The normalized spacial score (nSPS) is 12.0. The van der Waals surface area contributed by atoms with Crippen molar-refractivity contribution in [3.8, 4) is 0 Å². The van der Waals surface area contributed by atoms with E-state index in [-0.39, 0.29) is 11.9 Å². The summed E-state index contributed by atoms with van der Waals surface area (Å²) < 4.78 is 0. The molecule has 1 atom stereocenters. The molecule has 110 valence electrons. The van der Waals surface area contributed by atoms with Gasteiger partial charge in [0.1, 0.15) is 0 Å². The minimum atomic E-state index is -0.0155. The van der Waals surface area contributed by atoms with Crippen LogP contribution < -0.4 is 5.32 Å². The standard InChI is InChI=1S/C19H23NO/c1-12-6-9-18(15(4)10-12)19(21)20-16(5)17-8-7-13(2)14(3)11-17/h6-11,16H,1-5H3,(H,20,21). The van der Waals surface area contributed by atoms with Gasteiger partial charge in [0, 0.05) is 5.56 Å². The molecule has 1 unspecified atom stereocenters. The lowest BCUT2D eigenvalue weighted by Crippen LogP contribution is -2.27. The Kier molecular flexibility index (Phi) is 4.46. The summed E-state index contributed by atoms with van der Waals surface area (Å²) in [7, 11) is 0. The number of hydrogen-bond donors (Lipinski definition) is 1. The molecule has 0 spiro atoms. The minimum absolute atomic E-state index is 0.00231. The maximum Gasteiger partial charge on any atom is 0.252 e. The second-order valence-electron chi connectivity index (χ2n) is 5.86. The van der Waals surface area contributed by atoms with Crippen LogP contribution >= 0.6 is 0 Å². The van der Waals surface area contributed by atoms with Crippen LogP contribution in [-0.2, 0) is 0 Å². The number of carbonyl (C=O) groups is 1. The zero-order chi connectivity index (χ0) is 15.6. The molecule has 0 heterocycles. The van der Waals surface area contributed by atoms with Gasteiger partial charge in [0.15, 0.2) is 0 Å². The largest absolute Gasteiger partial charge is 0.346 e. The van der Waals surface area contributed by atoms with Crippen LogP contribution in [0, 0.1) is 27.7 Å². The summed E-state index contributed by atoms with van der Waals surface area (Å²) in [5.41, 5.74) is 6.59. The topological polar surface area (TPSA) is 29.1 Å². The Balaban J connectivity index is 2.16. The lowest BCUT2D eigenvalue weighted by Gasteiger charge is -2.16. The molecule has 0 aliphatic rings. The molecular formula is C19H23NO. The Labute approximate surface area is 127 Å². The van der Waals surface area contributed by atoms with E-state index in [0.717, 1.165) is 16.7 Å². The van der Waals surface area contributed by atoms with E-state index < -0.39 is 0 Å². The van der Waals surface area contributed by atoms with Crippen molar-refractivity contribution in [3.63, 3.8) is 0 Å². The van der Waals surface area contributed by atoms with Gasteiger partial charge in [-0.2, -0.15) is 0 Å². The summed E-state index contributed by atoms with van der Waals surface area (Å²) in [6.07, 6.45) is 0. The molecule has 1 N–H and O–H groups in total. The second kappa shape index (κ2) is 6.13. The fourth-order valence-corrected chi connectivity index (χ4v) is 2.46. The number of rotatable bonds is 3. The van der Waals surface area contributed by atoms with Crippen molar-refractivity contribution in [3.05, 3.63) is 69.8 Å². The van der Waals surface area contributed by atoms with Crippen LogP contribution in [-0.4, -0.2) is 5.91 Å². The predicted octanol–water partition coefficient (Wildman–Crippen LogP) is 4.41. The highest BCUT2D eigenvalue weighted by Gasteiger charge is 2.13. The predicted molar refractivity (Wildman–Crippen MR) is 87.7 cm³/mol. The van der Waals surface area contributed by atoms with Crippen molar-refractivity contribution in [1.82, 2.24) is 5.32 Å². The van der Waals surface area contributed by atoms with Crippen LogP contribution in [0.5, 0.6) is 0 Å². The van der Waals surface area contributed by atoms with Crippen LogP contribution in [0.4, 0.5) is 0 Å². The first-order valence-electron chi connectivity index (χ1n) is 7.33. The van der Waals surface area contributed by atoms with Crippen molar-refractivity contribution in [2.75, 3.05) is 0 Å². The molecule has 2 aromatic carbocycles. The molecule has 0 aliphatic heterocycles. The van der Waals surface area contributed by atoms with Gasteiger partial charge >= 0.3 is 0 Å². The van der Waals surface area contributed by atoms with Crippen molar-refractivity contribution in [2.24, 2.45) is 0 Å². The quantitative estimate of drug-likeness (QED) is 0.887. The fraction of sp³-hybridized carbons (Fsp3) is 0.316. The zero-order valence-corrected chi connectivity index (χ0v) is 13.4. The van der Waals surface area contributed by atoms with Crippen LogP contribution in [0.15, 0.2) is 36.4 Å². The van der Waals surface area contributed by atoms with Crippen molar-refractivity contribution in [1.29, 1.82) is 0 Å². The van der Waals surface area contributed by atoms with E-state index in [9.17, 15) is 4.79 Å². The molecule has 0 aliphatic carbocycles. The molecule has 2 nitrogen and oxygen atoms in total. The van der Waals surface area contributed by atoms with Crippen LogP contribution in [0.1, 0.15) is 51.1 Å². The van der Waals surface area contributed by atoms with Gasteiger partial charge in [-0.25, -0.2) is 0 Å². The highest BCUT2D eigenvalue weighted by molar-refractivity contribution is 5.95. The Morgan fingerprint density at radius 2 is 1.62 bits per heavy atom. The summed E-state index contributed by atoms with van der Waals surface area (Å²) in [4.78, 5) is 12.4. The second-order valence-corrected chi connectivity index (χ2v) is 5.86. The average molecular weight is 281 g/mol. The fourth-order valence-electron chi connectivity index (χ4n) is 2.46. The van der Waals surface area contributed by atoms with E-state index in [0.29, 0.717) is 0 Å². The maximum atomic E-state index is 12.4. The van der Waals surface area contributed by atoms with E-state index >= 15 is 0 Å². The van der Waals surface area contributed by atoms with Crippen LogP contribution in [0.3, 0.4) is 0 Å². The third-order valence-corrected chi connectivity index (χ3v) is 4.01. The number of hydrogen-bond acceptors (Lipinski definition) is 1. The average Bonchev–Trinajstić information content (AvgIpc) is 2.41. The molecule has 0 radical (unpaired) electrons. The smallest absolute Gasteiger partial charge is 0.252 e. The lowest BCUT2D eigenvalue weighted by atomic mass is 10.0. The van der Waals surface area contributed by atoms with E-state index in [4.69, 9.17) is 0 Å². The minimum Gasteiger partial charge on any atom is -0.346 e. The summed E-state index contributed by atoms with van der Waals surface area (Å²) in [6.45, 7) is 10.2. The number of benzene rings is 2. The molecular weight excluding hydrogens is 258 g/mol. The molecule has 0 saturated heterocycles. The highest BCUT2D eigenvalue weighted by atomic mass is 16.1. The Hall–Kier alpha value is -2.09. The van der Waals surface area contributed by atoms with Gasteiger partial charge < -0.3 is 5.32 Å². The van der Waals surface area contributed by atoms with Gasteiger partial charge in [0.25, 0.3) is 5.91 Å². The van der Waals surface area contributed by atoms with E-state index in [1.54, 1.807) is 0 Å². The summed E-state index contributed by atoms with van der Waals surface area (Å²) in [6, 6.07) is 12.2. The number of amides is 1. The third kappa shape index (κ3) is 3.52. The number of nitrogens with one attached hydrogen (secondary N) is 1. The first-order valence-corrected chi connectivity index (χ1v) is 7.33. The monoisotopic (exact) mass is 281 g/mol. The molecule has 0 bridgehead atoms. The van der Waals surface area contributed by atoms with Crippen molar-refractivity contribution < 1.29 is 4.79 Å². The summed E-state index contributed by atoms with van der Waals surface area (Å²) >= 11 is 0. The van der Waals surface area contributed by atoms with Crippen LogP contribution in [0.2, 0.25) is 0 Å². The molecule has 0 fully saturated rings. The SMILES string of the molecule is Cc1ccc(C(=O)NC(C)c2ccc(C)c(C)c2)c(C)c1. The molecule has 0 saturated carbocycles. The summed E-state index contributed by atoms with van der Waals surface area (Å²) in [5.74, 6) is -0.0155. The number of carbonyl (C=O) groups excluding carboxylic acids is 1. The van der Waals surface area contributed by atoms with Gasteiger partial charge in [0.2, 0.25) is 0 Å². The van der Waals surface area contributed by atoms with Crippen molar-refractivity contribution in [2.45, 2.75) is 40.7 Å². The van der Waals surface area contributed by atoms with Crippen molar-refractivity contribution >= 4 is 5.91 Å². The Morgan fingerprint density at radius 3 is 2.24 bits per heavy atom.